The molecule has 1 unspecified atom stereocenters. The van der Waals surface area contributed by atoms with E-state index in [2.05, 4.69) is 5.32 Å². The molecule has 6 heteroatoms. The molecule has 30 heavy (non-hydrogen) atoms. The van der Waals surface area contributed by atoms with Crippen molar-refractivity contribution in [2.75, 3.05) is 13.2 Å². The van der Waals surface area contributed by atoms with Crippen LogP contribution in [0.25, 0.3) is 0 Å². The Labute approximate surface area is 187 Å². The molecule has 0 amide bonds. The van der Waals surface area contributed by atoms with E-state index in [0.29, 0.717) is 47.8 Å². The number of hydrogen-bond donors (Lipinski definition) is 2. The molecule has 0 aliphatic carbocycles. The third-order valence-electron chi connectivity index (χ3n) is 4.49. The lowest BCUT2D eigenvalue weighted by atomic mass is 10.1. The number of aliphatic hydroxyl groups is 1. The minimum absolute atomic E-state index is 0.335. The summed E-state index contributed by atoms with van der Waals surface area (Å²) in [5, 5.41) is 14.7. The van der Waals surface area contributed by atoms with E-state index in [0.717, 1.165) is 16.7 Å². The fourth-order valence-electron chi connectivity index (χ4n) is 3.05. The molecular weight excluding hydrogens is 421 g/mol. The molecule has 4 nitrogen and oxygen atoms in total. The summed E-state index contributed by atoms with van der Waals surface area (Å²) in [6.07, 6.45) is -0.576. The topological polar surface area (TPSA) is 50.7 Å². The molecule has 0 fully saturated rings. The summed E-state index contributed by atoms with van der Waals surface area (Å²) in [6, 6.07) is 20.8. The monoisotopic (exact) mass is 445 g/mol. The first-order valence-corrected chi connectivity index (χ1v) is 10.6. The molecular formula is C24H25Cl2NO3. The second-order valence-corrected chi connectivity index (χ2v) is 7.66. The molecule has 0 bridgehead atoms. The van der Waals surface area contributed by atoms with Crippen LogP contribution in [0.4, 0.5) is 0 Å². The third kappa shape index (κ3) is 6.38. The summed E-state index contributed by atoms with van der Waals surface area (Å²) in [6.45, 7) is 3.71. The zero-order chi connectivity index (χ0) is 21.3. The number of hydrogen-bond acceptors (Lipinski definition) is 4. The highest BCUT2D eigenvalue weighted by Gasteiger charge is 2.14. The molecule has 0 heterocycles. The van der Waals surface area contributed by atoms with E-state index in [9.17, 15) is 5.11 Å². The van der Waals surface area contributed by atoms with E-state index >= 15 is 0 Å². The molecule has 0 spiro atoms. The van der Waals surface area contributed by atoms with Gasteiger partial charge in [0.2, 0.25) is 0 Å². The van der Waals surface area contributed by atoms with Crippen LogP contribution in [0.3, 0.4) is 0 Å². The van der Waals surface area contributed by atoms with E-state index in [1.54, 1.807) is 0 Å². The maximum Gasteiger partial charge on any atom is 0.180 e. The van der Waals surface area contributed by atoms with Crippen LogP contribution >= 0.6 is 23.2 Å². The van der Waals surface area contributed by atoms with Gasteiger partial charge in [-0.15, -0.1) is 0 Å². The van der Waals surface area contributed by atoms with Gasteiger partial charge in [-0.05, 0) is 47.9 Å². The molecule has 0 aromatic heterocycles. The highest BCUT2D eigenvalue weighted by atomic mass is 35.5. The zero-order valence-electron chi connectivity index (χ0n) is 16.8. The van der Waals surface area contributed by atoms with Crippen LogP contribution in [-0.4, -0.2) is 18.3 Å². The molecule has 0 saturated carbocycles. The van der Waals surface area contributed by atoms with Crippen molar-refractivity contribution < 1.29 is 14.6 Å². The summed E-state index contributed by atoms with van der Waals surface area (Å²) in [5.74, 6) is 1.10. The lowest BCUT2D eigenvalue weighted by Gasteiger charge is -2.16. The second kappa shape index (κ2) is 11.2. The van der Waals surface area contributed by atoms with Gasteiger partial charge in [0.1, 0.15) is 6.61 Å². The Morgan fingerprint density at radius 3 is 2.47 bits per heavy atom. The van der Waals surface area contributed by atoms with Gasteiger partial charge in [0, 0.05) is 18.1 Å². The summed E-state index contributed by atoms with van der Waals surface area (Å²) in [4.78, 5) is 0. The van der Waals surface area contributed by atoms with Gasteiger partial charge in [0.05, 0.1) is 17.7 Å². The Balaban J connectivity index is 1.64. The number of rotatable bonds is 10. The molecule has 0 aliphatic heterocycles. The van der Waals surface area contributed by atoms with E-state index < -0.39 is 6.10 Å². The maximum atomic E-state index is 10.3. The number of aliphatic hydroxyl groups excluding tert-OH is 1. The van der Waals surface area contributed by atoms with Crippen LogP contribution < -0.4 is 14.8 Å². The quantitative estimate of drug-likeness (QED) is 0.414. The van der Waals surface area contributed by atoms with Gasteiger partial charge in [-0.25, -0.2) is 0 Å². The largest absolute Gasteiger partial charge is 0.490 e. The SMILES string of the molecule is CCOc1cc(CNCC(O)c2ccccc2)cc(Cl)c1OCc1cccc(Cl)c1. The first-order valence-electron chi connectivity index (χ1n) is 9.83. The van der Waals surface area contributed by atoms with Crippen molar-refractivity contribution in [3.8, 4) is 11.5 Å². The summed E-state index contributed by atoms with van der Waals surface area (Å²) in [5.41, 5.74) is 2.77. The number of halogens is 2. The van der Waals surface area contributed by atoms with Crippen molar-refractivity contribution in [3.63, 3.8) is 0 Å². The van der Waals surface area contributed by atoms with Crippen LogP contribution in [0.15, 0.2) is 66.7 Å². The standard InChI is InChI=1S/C24H25Cl2NO3/c1-2-29-23-13-18(14-27-15-22(28)19-8-4-3-5-9-19)12-21(26)24(23)30-16-17-7-6-10-20(25)11-17/h3-13,22,27-28H,2,14-16H2,1H3. The van der Waals surface area contributed by atoms with Crippen molar-refractivity contribution in [1.82, 2.24) is 5.32 Å². The maximum absolute atomic E-state index is 10.3. The van der Waals surface area contributed by atoms with Crippen molar-refractivity contribution in [2.24, 2.45) is 0 Å². The smallest absolute Gasteiger partial charge is 0.180 e. The predicted molar refractivity (Wildman–Crippen MR) is 122 cm³/mol. The molecule has 158 valence electrons. The Kier molecular flexibility index (Phi) is 8.40. The predicted octanol–water partition coefficient (Wildman–Crippen LogP) is 5.79. The average molecular weight is 446 g/mol. The summed E-state index contributed by atoms with van der Waals surface area (Å²) < 4.78 is 11.7. The molecule has 0 aliphatic rings. The Morgan fingerprint density at radius 2 is 1.73 bits per heavy atom. The van der Waals surface area contributed by atoms with Crippen molar-refractivity contribution in [1.29, 1.82) is 0 Å². The lowest BCUT2D eigenvalue weighted by Crippen LogP contribution is -2.21. The number of nitrogens with one attached hydrogen (secondary N) is 1. The zero-order valence-corrected chi connectivity index (χ0v) is 18.3. The van der Waals surface area contributed by atoms with E-state index in [-0.39, 0.29) is 0 Å². The fraction of sp³-hybridized carbons (Fsp3) is 0.250. The fourth-order valence-corrected chi connectivity index (χ4v) is 3.56. The molecule has 0 saturated heterocycles. The van der Waals surface area contributed by atoms with Gasteiger partial charge < -0.3 is 19.9 Å². The van der Waals surface area contributed by atoms with Gasteiger partial charge >= 0.3 is 0 Å². The highest BCUT2D eigenvalue weighted by Crippen LogP contribution is 2.37. The molecule has 0 radical (unpaired) electrons. The molecule has 2 N–H and O–H groups in total. The molecule has 3 rings (SSSR count). The van der Waals surface area contributed by atoms with Crippen LogP contribution in [-0.2, 0) is 13.2 Å². The Morgan fingerprint density at radius 1 is 0.933 bits per heavy atom. The van der Waals surface area contributed by atoms with Gasteiger partial charge in [0.15, 0.2) is 11.5 Å². The van der Waals surface area contributed by atoms with Crippen LogP contribution in [0, 0.1) is 0 Å². The minimum Gasteiger partial charge on any atom is -0.490 e. The Bertz CT molecular complexity index is 950. The molecule has 1 atom stereocenters. The van der Waals surface area contributed by atoms with Gasteiger partial charge in [-0.1, -0.05) is 65.7 Å². The van der Waals surface area contributed by atoms with Crippen molar-refractivity contribution in [2.45, 2.75) is 26.2 Å². The van der Waals surface area contributed by atoms with Crippen LogP contribution in [0.1, 0.15) is 29.7 Å². The highest BCUT2D eigenvalue weighted by molar-refractivity contribution is 6.32. The van der Waals surface area contributed by atoms with E-state index in [4.69, 9.17) is 32.7 Å². The normalized spacial score (nSPS) is 11.9. The molecule has 3 aromatic carbocycles. The Hall–Kier alpha value is -2.24. The summed E-state index contributed by atoms with van der Waals surface area (Å²) in [7, 11) is 0. The second-order valence-electron chi connectivity index (χ2n) is 6.81. The molecule has 3 aromatic rings. The lowest BCUT2D eigenvalue weighted by molar-refractivity contribution is 0.174. The van der Waals surface area contributed by atoms with Gasteiger partial charge in [0.25, 0.3) is 0 Å². The minimum atomic E-state index is -0.576. The van der Waals surface area contributed by atoms with Crippen LogP contribution in [0.5, 0.6) is 11.5 Å². The first-order chi connectivity index (χ1) is 14.6. The van der Waals surface area contributed by atoms with Gasteiger partial charge in [-0.3, -0.25) is 0 Å². The summed E-state index contributed by atoms with van der Waals surface area (Å²) >= 11 is 12.5. The number of benzene rings is 3. The van der Waals surface area contributed by atoms with Crippen LogP contribution in [0.2, 0.25) is 10.0 Å². The first kappa shape index (κ1) is 22.4. The van der Waals surface area contributed by atoms with Gasteiger partial charge in [-0.2, -0.15) is 0 Å². The van der Waals surface area contributed by atoms with E-state index in [1.807, 2.05) is 73.7 Å². The third-order valence-corrected chi connectivity index (χ3v) is 5.01. The van der Waals surface area contributed by atoms with Crippen molar-refractivity contribution in [3.05, 3.63) is 93.5 Å². The van der Waals surface area contributed by atoms with Crippen molar-refractivity contribution >= 4 is 23.2 Å². The average Bonchev–Trinajstić information content (AvgIpc) is 2.74. The van der Waals surface area contributed by atoms with E-state index in [1.165, 1.54) is 0 Å². The number of ether oxygens (including phenoxy) is 2.